The second kappa shape index (κ2) is 9.89. The molecule has 0 N–H and O–H groups in total. The Balaban J connectivity index is 1.40. The second-order valence-corrected chi connectivity index (χ2v) is 7.51. The van der Waals surface area contributed by atoms with Crippen LogP contribution in [0.1, 0.15) is 29.2 Å². The van der Waals surface area contributed by atoms with Crippen LogP contribution >= 0.6 is 0 Å². The number of aryl methyl sites for hydroxylation is 2. The van der Waals surface area contributed by atoms with Gasteiger partial charge in [-0.2, -0.15) is 4.98 Å². The first kappa shape index (κ1) is 20.6. The molecule has 0 bridgehead atoms. The number of amides is 1. The number of rotatable bonds is 9. The van der Waals surface area contributed by atoms with Gasteiger partial charge in [0.15, 0.2) is 0 Å². The molecule has 1 amide bonds. The average Bonchev–Trinajstić information content (AvgIpc) is 3.48. The van der Waals surface area contributed by atoms with Crippen LogP contribution in [-0.4, -0.2) is 27.5 Å². The molecule has 0 aliphatic rings. The van der Waals surface area contributed by atoms with Crippen LogP contribution in [0, 0.1) is 6.92 Å². The third-order valence-electron chi connectivity index (χ3n) is 5.09. The molecule has 0 unspecified atom stereocenters. The van der Waals surface area contributed by atoms with Gasteiger partial charge in [-0.05, 0) is 37.1 Å². The standard InChI is InChI=1S/C25H25N3O3/c1-19-7-5-10-21(17-19)25-26-23(31-27-25)14-15-28(18-22-11-6-16-30-22)24(29)13-12-20-8-3-2-4-9-20/h2-11,16-17H,12-15,18H2,1H3. The average molecular weight is 415 g/mol. The summed E-state index contributed by atoms with van der Waals surface area (Å²) in [6.07, 6.45) is 3.24. The van der Waals surface area contributed by atoms with Crippen molar-refractivity contribution in [3.8, 4) is 11.4 Å². The molecule has 0 radical (unpaired) electrons. The number of hydrogen-bond acceptors (Lipinski definition) is 5. The molecule has 2 aromatic carbocycles. The van der Waals surface area contributed by atoms with Gasteiger partial charge in [0.25, 0.3) is 0 Å². The number of carbonyl (C=O) groups excluding carboxylic acids is 1. The highest BCUT2D eigenvalue weighted by Gasteiger charge is 2.17. The summed E-state index contributed by atoms with van der Waals surface area (Å²) < 4.78 is 10.9. The Morgan fingerprint density at radius 3 is 2.65 bits per heavy atom. The summed E-state index contributed by atoms with van der Waals surface area (Å²) in [5.74, 6) is 1.89. The monoisotopic (exact) mass is 415 g/mol. The Morgan fingerprint density at radius 1 is 1.00 bits per heavy atom. The second-order valence-electron chi connectivity index (χ2n) is 7.51. The van der Waals surface area contributed by atoms with Crippen LogP contribution in [0.3, 0.4) is 0 Å². The molecule has 0 spiro atoms. The van der Waals surface area contributed by atoms with Gasteiger partial charge in [0.05, 0.1) is 12.8 Å². The highest BCUT2D eigenvalue weighted by Crippen LogP contribution is 2.18. The number of aromatic nitrogens is 2. The summed E-state index contributed by atoms with van der Waals surface area (Å²) in [6, 6.07) is 21.7. The third-order valence-corrected chi connectivity index (χ3v) is 5.09. The van der Waals surface area contributed by atoms with E-state index in [1.807, 2.05) is 73.7 Å². The molecule has 158 valence electrons. The van der Waals surface area contributed by atoms with Crippen LogP contribution in [-0.2, 0) is 24.2 Å². The molecule has 4 rings (SSSR count). The van der Waals surface area contributed by atoms with Gasteiger partial charge in [0.1, 0.15) is 5.76 Å². The fraction of sp³-hybridized carbons (Fsp3) is 0.240. The quantitative estimate of drug-likeness (QED) is 0.391. The van der Waals surface area contributed by atoms with Crippen molar-refractivity contribution in [3.63, 3.8) is 0 Å². The molecule has 4 aromatic rings. The van der Waals surface area contributed by atoms with Crippen LogP contribution in [0.2, 0.25) is 0 Å². The molecule has 31 heavy (non-hydrogen) atoms. The van der Waals surface area contributed by atoms with E-state index in [9.17, 15) is 4.79 Å². The normalized spacial score (nSPS) is 10.9. The number of carbonyl (C=O) groups is 1. The van der Waals surface area contributed by atoms with E-state index in [0.717, 1.165) is 22.5 Å². The van der Waals surface area contributed by atoms with Gasteiger partial charge < -0.3 is 13.8 Å². The van der Waals surface area contributed by atoms with Crippen LogP contribution in [0.4, 0.5) is 0 Å². The fourth-order valence-electron chi connectivity index (χ4n) is 3.43. The van der Waals surface area contributed by atoms with Crippen molar-refractivity contribution in [3.05, 3.63) is 95.8 Å². The lowest BCUT2D eigenvalue weighted by Crippen LogP contribution is -2.32. The zero-order valence-electron chi connectivity index (χ0n) is 17.5. The van der Waals surface area contributed by atoms with Crippen molar-refractivity contribution in [2.24, 2.45) is 0 Å². The lowest BCUT2D eigenvalue weighted by atomic mass is 10.1. The fourth-order valence-corrected chi connectivity index (χ4v) is 3.43. The Hall–Kier alpha value is -3.67. The van der Waals surface area contributed by atoms with Crippen molar-refractivity contribution in [1.29, 1.82) is 0 Å². The van der Waals surface area contributed by atoms with E-state index in [4.69, 9.17) is 8.94 Å². The number of nitrogens with zero attached hydrogens (tertiary/aromatic N) is 3. The lowest BCUT2D eigenvalue weighted by Gasteiger charge is -2.21. The molecule has 0 fully saturated rings. The molecule has 0 atom stereocenters. The van der Waals surface area contributed by atoms with E-state index in [0.29, 0.717) is 44.1 Å². The van der Waals surface area contributed by atoms with Crippen LogP contribution in [0.15, 0.2) is 81.9 Å². The Morgan fingerprint density at radius 2 is 1.87 bits per heavy atom. The van der Waals surface area contributed by atoms with Crippen molar-refractivity contribution < 1.29 is 13.7 Å². The molecule has 6 heteroatoms. The number of benzene rings is 2. The Kier molecular flexibility index (Phi) is 6.57. The van der Waals surface area contributed by atoms with Gasteiger partial charge in [-0.15, -0.1) is 0 Å². The van der Waals surface area contributed by atoms with Crippen molar-refractivity contribution in [2.75, 3.05) is 6.54 Å². The molecule has 0 saturated carbocycles. The van der Waals surface area contributed by atoms with E-state index < -0.39 is 0 Å². The van der Waals surface area contributed by atoms with Crippen LogP contribution in [0.5, 0.6) is 0 Å². The summed E-state index contributed by atoms with van der Waals surface area (Å²) in [5.41, 5.74) is 3.20. The Bertz CT molecular complexity index is 1100. The van der Waals surface area contributed by atoms with E-state index >= 15 is 0 Å². The van der Waals surface area contributed by atoms with Gasteiger partial charge >= 0.3 is 0 Å². The smallest absolute Gasteiger partial charge is 0.228 e. The Labute approximate surface area is 181 Å². The highest BCUT2D eigenvalue weighted by atomic mass is 16.5. The molecule has 0 saturated heterocycles. The van der Waals surface area contributed by atoms with Gasteiger partial charge in [0.2, 0.25) is 17.6 Å². The maximum Gasteiger partial charge on any atom is 0.228 e. The summed E-state index contributed by atoms with van der Waals surface area (Å²) >= 11 is 0. The van der Waals surface area contributed by atoms with Crippen LogP contribution in [0.25, 0.3) is 11.4 Å². The minimum atomic E-state index is 0.0682. The minimum Gasteiger partial charge on any atom is -0.467 e. The molecule has 6 nitrogen and oxygen atoms in total. The summed E-state index contributed by atoms with van der Waals surface area (Å²) in [5, 5.41) is 4.09. The third kappa shape index (κ3) is 5.69. The summed E-state index contributed by atoms with van der Waals surface area (Å²) in [4.78, 5) is 19.2. The molecule has 0 aliphatic carbocycles. The zero-order valence-corrected chi connectivity index (χ0v) is 17.5. The maximum atomic E-state index is 12.9. The van der Waals surface area contributed by atoms with E-state index in [1.165, 1.54) is 0 Å². The van der Waals surface area contributed by atoms with Gasteiger partial charge in [-0.1, -0.05) is 59.3 Å². The van der Waals surface area contributed by atoms with Gasteiger partial charge in [0, 0.05) is 24.9 Å². The van der Waals surface area contributed by atoms with Crippen molar-refractivity contribution in [2.45, 2.75) is 32.7 Å². The first-order valence-corrected chi connectivity index (χ1v) is 10.4. The predicted molar refractivity (Wildman–Crippen MR) is 117 cm³/mol. The topological polar surface area (TPSA) is 72.4 Å². The molecule has 2 heterocycles. The molecular formula is C25H25N3O3. The zero-order chi connectivity index (χ0) is 21.5. The highest BCUT2D eigenvalue weighted by molar-refractivity contribution is 5.76. The van der Waals surface area contributed by atoms with E-state index in [2.05, 4.69) is 10.1 Å². The summed E-state index contributed by atoms with van der Waals surface area (Å²) in [6.45, 7) is 2.92. The molecule has 0 aliphatic heterocycles. The SMILES string of the molecule is Cc1cccc(-c2noc(CCN(Cc3ccco3)C(=O)CCc3ccccc3)n2)c1. The minimum absolute atomic E-state index is 0.0682. The van der Waals surface area contributed by atoms with E-state index in [1.54, 1.807) is 11.2 Å². The maximum absolute atomic E-state index is 12.9. The molecule has 2 aromatic heterocycles. The largest absolute Gasteiger partial charge is 0.467 e. The number of furan rings is 1. The first-order chi connectivity index (χ1) is 15.2. The van der Waals surface area contributed by atoms with Crippen molar-refractivity contribution in [1.82, 2.24) is 15.0 Å². The van der Waals surface area contributed by atoms with Crippen LogP contribution < -0.4 is 0 Å². The van der Waals surface area contributed by atoms with Crippen molar-refractivity contribution >= 4 is 5.91 Å². The van der Waals surface area contributed by atoms with E-state index in [-0.39, 0.29) is 5.91 Å². The van der Waals surface area contributed by atoms with Gasteiger partial charge in [-0.25, -0.2) is 0 Å². The predicted octanol–water partition coefficient (Wildman–Crippen LogP) is 4.84. The van der Waals surface area contributed by atoms with Gasteiger partial charge in [-0.3, -0.25) is 4.79 Å². The lowest BCUT2D eigenvalue weighted by molar-refractivity contribution is -0.132. The number of hydrogen-bond donors (Lipinski definition) is 0. The first-order valence-electron chi connectivity index (χ1n) is 10.4. The summed E-state index contributed by atoms with van der Waals surface area (Å²) in [7, 11) is 0. The molecular weight excluding hydrogens is 390 g/mol.